The molecule has 4 nitrogen and oxygen atoms in total. The van der Waals surface area contributed by atoms with Crippen molar-refractivity contribution < 1.29 is 4.74 Å². The third-order valence-corrected chi connectivity index (χ3v) is 2.77. The maximum Gasteiger partial charge on any atom is 0.119 e. The highest BCUT2D eigenvalue weighted by atomic mass is 16.5. The van der Waals surface area contributed by atoms with Gasteiger partial charge in [0.05, 0.1) is 0 Å². The highest BCUT2D eigenvalue weighted by molar-refractivity contribution is 5.41. The summed E-state index contributed by atoms with van der Waals surface area (Å²) in [6.45, 7) is 6.13. The molecule has 2 rings (SSSR count). The summed E-state index contributed by atoms with van der Waals surface area (Å²) in [5.41, 5.74) is 6.37. The number of benzene rings is 1. The molecule has 0 saturated carbocycles. The van der Waals surface area contributed by atoms with E-state index in [2.05, 4.69) is 10.2 Å². The maximum atomic E-state index is 5.65. The predicted molar refractivity (Wildman–Crippen MR) is 65.7 cm³/mol. The van der Waals surface area contributed by atoms with Crippen molar-refractivity contribution in [1.29, 1.82) is 0 Å². The Morgan fingerprint density at radius 1 is 1.19 bits per heavy atom. The molecule has 88 valence electrons. The van der Waals surface area contributed by atoms with Gasteiger partial charge in [-0.2, -0.15) is 0 Å². The number of nitrogen functional groups attached to an aromatic ring is 1. The van der Waals surface area contributed by atoms with Crippen LogP contribution in [0.3, 0.4) is 0 Å². The summed E-state index contributed by atoms with van der Waals surface area (Å²) in [5.74, 6) is 0.893. The van der Waals surface area contributed by atoms with Crippen LogP contribution in [0.1, 0.15) is 0 Å². The zero-order chi connectivity index (χ0) is 11.2. The SMILES string of the molecule is Nc1ccc(OCCN2CCNCC2)cc1. The van der Waals surface area contributed by atoms with Crippen molar-refractivity contribution in [2.24, 2.45) is 0 Å². The number of rotatable bonds is 4. The lowest BCUT2D eigenvalue weighted by molar-refractivity contribution is 0.191. The molecule has 0 atom stereocenters. The third kappa shape index (κ3) is 3.40. The molecule has 0 unspecified atom stereocenters. The minimum Gasteiger partial charge on any atom is -0.492 e. The Hall–Kier alpha value is -1.26. The first-order valence-electron chi connectivity index (χ1n) is 5.76. The minimum absolute atomic E-state index is 0.740. The Morgan fingerprint density at radius 3 is 2.56 bits per heavy atom. The van der Waals surface area contributed by atoms with Gasteiger partial charge >= 0.3 is 0 Å². The van der Waals surface area contributed by atoms with Crippen molar-refractivity contribution in [1.82, 2.24) is 10.2 Å². The van der Waals surface area contributed by atoms with Gasteiger partial charge < -0.3 is 15.8 Å². The lowest BCUT2D eigenvalue weighted by Gasteiger charge is -2.26. The number of ether oxygens (including phenoxy) is 1. The molecule has 0 aromatic heterocycles. The minimum atomic E-state index is 0.740. The molecule has 0 radical (unpaired) electrons. The number of nitrogens with two attached hydrogens (primary N) is 1. The van der Waals surface area contributed by atoms with E-state index in [4.69, 9.17) is 10.5 Å². The molecule has 16 heavy (non-hydrogen) atoms. The Morgan fingerprint density at radius 2 is 1.88 bits per heavy atom. The Balaban J connectivity index is 1.69. The highest BCUT2D eigenvalue weighted by Crippen LogP contribution is 2.12. The second-order valence-corrected chi connectivity index (χ2v) is 4.01. The number of hydrogen-bond acceptors (Lipinski definition) is 4. The maximum absolute atomic E-state index is 5.65. The fourth-order valence-electron chi connectivity index (χ4n) is 1.79. The highest BCUT2D eigenvalue weighted by Gasteiger charge is 2.08. The molecule has 0 aliphatic carbocycles. The van der Waals surface area contributed by atoms with Crippen molar-refractivity contribution >= 4 is 5.69 Å². The second-order valence-electron chi connectivity index (χ2n) is 4.01. The summed E-state index contributed by atoms with van der Waals surface area (Å²) in [7, 11) is 0. The Kier molecular flexibility index (Phi) is 4.02. The largest absolute Gasteiger partial charge is 0.492 e. The molecule has 0 spiro atoms. The van der Waals surface area contributed by atoms with E-state index in [1.807, 2.05) is 24.3 Å². The fourth-order valence-corrected chi connectivity index (χ4v) is 1.79. The third-order valence-electron chi connectivity index (χ3n) is 2.77. The van der Waals surface area contributed by atoms with Crippen LogP contribution in [0, 0.1) is 0 Å². The van der Waals surface area contributed by atoms with E-state index in [0.29, 0.717) is 0 Å². The fraction of sp³-hybridized carbons (Fsp3) is 0.500. The monoisotopic (exact) mass is 221 g/mol. The molecule has 0 bridgehead atoms. The van der Waals surface area contributed by atoms with Crippen LogP contribution in [-0.2, 0) is 0 Å². The van der Waals surface area contributed by atoms with Crippen LogP contribution in [-0.4, -0.2) is 44.2 Å². The van der Waals surface area contributed by atoms with Crippen molar-refractivity contribution in [2.45, 2.75) is 0 Å². The molecular formula is C12H19N3O. The van der Waals surface area contributed by atoms with E-state index in [9.17, 15) is 0 Å². The molecule has 1 aliphatic heterocycles. The van der Waals surface area contributed by atoms with Crippen LogP contribution in [0.5, 0.6) is 5.75 Å². The summed E-state index contributed by atoms with van der Waals surface area (Å²) in [5, 5.41) is 3.33. The van der Waals surface area contributed by atoms with E-state index in [1.165, 1.54) is 0 Å². The van der Waals surface area contributed by atoms with Gasteiger partial charge in [-0.15, -0.1) is 0 Å². The second kappa shape index (κ2) is 5.72. The van der Waals surface area contributed by atoms with Gasteiger partial charge in [0.15, 0.2) is 0 Å². The molecule has 4 heteroatoms. The van der Waals surface area contributed by atoms with Gasteiger partial charge in [-0.25, -0.2) is 0 Å². The number of anilines is 1. The summed E-state index contributed by atoms with van der Waals surface area (Å²) >= 11 is 0. The molecule has 1 heterocycles. The smallest absolute Gasteiger partial charge is 0.119 e. The van der Waals surface area contributed by atoms with E-state index in [1.54, 1.807) is 0 Å². The Bertz CT molecular complexity index is 307. The summed E-state index contributed by atoms with van der Waals surface area (Å²) in [4.78, 5) is 2.41. The lowest BCUT2D eigenvalue weighted by Crippen LogP contribution is -2.44. The van der Waals surface area contributed by atoms with E-state index in [0.717, 1.165) is 50.8 Å². The first-order valence-corrected chi connectivity index (χ1v) is 5.76. The van der Waals surface area contributed by atoms with E-state index < -0.39 is 0 Å². The quantitative estimate of drug-likeness (QED) is 0.729. The van der Waals surface area contributed by atoms with Crippen LogP contribution in [0.4, 0.5) is 5.69 Å². The van der Waals surface area contributed by atoms with Crippen molar-refractivity contribution in [2.75, 3.05) is 45.1 Å². The normalized spacial score (nSPS) is 17.2. The van der Waals surface area contributed by atoms with Crippen molar-refractivity contribution in [3.8, 4) is 5.75 Å². The number of nitrogens with one attached hydrogen (secondary N) is 1. The summed E-state index contributed by atoms with van der Waals surface area (Å²) in [6.07, 6.45) is 0. The zero-order valence-electron chi connectivity index (χ0n) is 9.48. The molecule has 1 saturated heterocycles. The van der Waals surface area contributed by atoms with Crippen molar-refractivity contribution in [3.63, 3.8) is 0 Å². The van der Waals surface area contributed by atoms with Crippen LogP contribution >= 0.6 is 0 Å². The molecule has 0 amide bonds. The average Bonchev–Trinajstić information content (AvgIpc) is 2.33. The topological polar surface area (TPSA) is 50.5 Å². The van der Waals surface area contributed by atoms with Crippen molar-refractivity contribution in [3.05, 3.63) is 24.3 Å². The number of hydrogen-bond donors (Lipinski definition) is 2. The number of piperazine rings is 1. The Labute approximate surface area is 96.4 Å². The number of nitrogens with zero attached hydrogens (tertiary/aromatic N) is 1. The van der Waals surface area contributed by atoms with Gasteiger partial charge in [0.2, 0.25) is 0 Å². The van der Waals surface area contributed by atoms with Gasteiger partial charge in [0.25, 0.3) is 0 Å². The predicted octanol–water partition coefficient (Wildman–Crippen LogP) is 0.553. The van der Waals surface area contributed by atoms with Gasteiger partial charge in [-0.3, -0.25) is 4.90 Å². The molecule has 1 aromatic carbocycles. The van der Waals surface area contributed by atoms with Gasteiger partial charge in [0, 0.05) is 38.4 Å². The first-order chi connectivity index (χ1) is 7.84. The molecule has 1 fully saturated rings. The molecule has 1 aliphatic rings. The summed E-state index contributed by atoms with van der Waals surface area (Å²) in [6, 6.07) is 7.54. The summed E-state index contributed by atoms with van der Waals surface area (Å²) < 4.78 is 5.65. The van der Waals surface area contributed by atoms with Gasteiger partial charge in [-0.05, 0) is 24.3 Å². The average molecular weight is 221 g/mol. The van der Waals surface area contributed by atoms with Gasteiger partial charge in [-0.1, -0.05) is 0 Å². The molecule has 3 N–H and O–H groups in total. The van der Waals surface area contributed by atoms with E-state index in [-0.39, 0.29) is 0 Å². The van der Waals surface area contributed by atoms with Gasteiger partial charge in [0.1, 0.15) is 12.4 Å². The van der Waals surface area contributed by atoms with Crippen LogP contribution < -0.4 is 15.8 Å². The van der Waals surface area contributed by atoms with Crippen LogP contribution in [0.25, 0.3) is 0 Å². The van der Waals surface area contributed by atoms with E-state index >= 15 is 0 Å². The molecular weight excluding hydrogens is 202 g/mol. The lowest BCUT2D eigenvalue weighted by atomic mass is 10.3. The van der Waals surface area contributed by atoms with Crippen LogP contribution in [0.15, 0.2) is 24.3 Å². The standard InChI is InChI=1S/C12H19N3O/c13-11-1-3-12(4-2-11)16-10-9-15-7-5-14-6-8-15/h1-4,14H,5-10,13H2. The zero-order valence-corrected chi connectivity index (χ0v) is 9.48. The molecule has 1 aromatic rings. The van der Waals surface area contributed by atoms with Crippen LogP contribution in [0.2, 0.25) is 0 Å². The first kappa shape index (κ1) is 11.2.